The van der Waals surface area contributed by atoms with Gasteiger partial charge in [0.05, 0.1) is 0 Å². The minimum absolute atomic E-state index is 0.142. The average molecular weight is 319 g/mol. The number of carboxylic acids is 1. The summed E-state index contributed by atoms with van der Waals surface area (Å²) >= 11 is 0. The molecule has 122 valence electrons. The highest BCUT2D eigenvalue weighted by Crippen LogP contribution is 2.17. The Kier molecular flexibility index (Phi) is 5.10. The first-order chi connectivity index (χ1) is 10.9. The molecule has 0 aliphatic rings. The van der Waals surface area contributed by atoms with Gasteiger partial charge in [0.2, 0.25) is 5.91 Å². The summed E-state index contributed by atoms with van der Waals surface area (Å²) in [6, 6.07) is 4.58. The number of nitrogens with zero attached hydrogens (tertiary/aromatic N) is 2. The molecule has 1 atom stereocenters. The number of halogens is 1. The number of hydrogen-bond acceptors (Lipinski definition) is 3. The first kappa shape index (κ1) is 16.7. The van der Waals surface area contributed by atoms with Gasteiger partial charge in [-0.15, -0.1) is 0 Å². The van der Waals surface area contributed by atoms with Crippen molar-refractivity contribution in [2.45, 2.75) is 25.8 Å². The van der Waals surface area contributed by atoms with E-state index in [1.807, 2.05) is 0 Å². The zero-order chi connectivity index (χ0) is 17.0. The summed E-state index contributed by atoms with van der Waals surface area (Å²) in [4.78, 5) is 23.4. The number of benzene rings is 1. The molecule has 0 saturated carbocycles. The number of carbonyl (C=O) groups excluding carboxylic acids is 1. The molecule has 0 radical (unpaired) electrons. The monoisotopic (exact) mass is 319 g/mol. The van der Waals surface area contributed by atoms with Crippen LogP contribution < -0.4 is 5.32 Å². The van der Waals surface area contributed by atoms with Crippen molar-refractivity contribution in [3.63, 3.8) is 0 Å². The van der Waals surface area contributed by atoms with Gasteiger partial charge in [0, 0.05) is 25.4 Å². The van der Waals surface area contributed by atoms with Crippen molar-refractivity contribution in [3.05, 3.63) is 53.1 Å². The predicted octanol–water partition coefficient (Wildman–Crippen LogP) is 1.74. The van der Waals surface area contributed by atoms with Crippen molar-refractivity contribution >= 4 is 11.9 Å². The lowest BCUT2D eigenvalue weighted by molar-refractivity contribution is -0.142. The van der Waals surface area contributed by atoms with Crippen LogP contribution in [-0.2, 0) is 23.1 Å². The molecule has 1 aromatic carbocycles. The van der Waals surface area contributed by atoms with Crippen LogP contribution in [0.3, 0.4) is 0 Å². The molecule has 2 rings (SSSR count). The Morgan fingerprint density at radius 3 is 2.70 bits per heavy atom. The van der Waals surface area contributed by atoms with Crippen LogP contribution >= 0.6 is 0 Å². The van der Waals surface area contributed by atoms with Crippen LogP contribution in [0.4, 0.5) is 4.39 Å². The van der Waals surface area contributed by atoms with Crippen molar-refractivity contribution in [3.8, 4) is 0 Å². The lowest BCUT2D eigenvalue weighted by Crippen LogP contribution is -2.34. The van der Waals surface area contributed by atoms with Crippen molar-refractivity contribution in [2.24, 2.45) is 7.05 Å². The third-order valence-corrected chi connectivity index (χ3v) is 3.60. The second kappa shape index (κ2) is 7.04. The van der Waals surface area contributed by atoms with Gasteiger partial charge in [-0.25, -0.2) is 9.18 Å². The molecule has 23 heavy (non-hydrogen) atoms. The van der Waals surface area contributed by atoms with Crippen LogP contribution in [0.25, 0.3) is 0 Å². The van der Waals surface area contributed by atoms with Crippen LogP contribution in [0.15, 0.2) is 30.5 Å². The van der Waals surface area contributed by atoms with E-state index in [1.54, 1.807) is 30.9 Å². The molecule has 7 heteroatoms. The second-order valence-corrected chi connectivity index (χ2v) is 5.29. The van der Waals surface area contributed by atoms with E-state index in [0.717, 1.165) is 5.69 Å². The lowest BCUT2D eigenvalue weighted by atomic mass is 10.0. The second-order valence-electron chi connectivity index (χ2n) is 5.29. The zero-order valence-corrected chi connectivity index (χ0v) is 12.9. The maximum atomic E-state index is 13.3. The van der Waals surface area contributed by atoms with E-state index < -0.39 is 17.8 Å². The highest BCUT2D eigenvalue weighted by atomic mass is 19.1. The molecule has 1 unspecified atom stereocenters. The summed E-state index contributed by atoms with van der Waals surface area (Å²) in [5.74, 6) is -1.99. The molecule has 0 fully saturated rings. The van der Waals surface area contributed by atoms with Gasteiger partial charge < -0.3 is 10.4 Å². The van der Waals surface area contributed by atoms with Gasteiger partial charge in [0.15, 0.2) is 6.04 Å². The number of carbonyl (C=O) groups is 2. The van der Waals surface area contributed by atoms with Crippen LogP contribution in [0.1, 0.15) is 29.3 Å². The summed E-state index contributed by atoms with van der Waals surface area (Å²) in [5, 5.41) is 15.8. The first-order valence-corrected chi connectivity index (χ1v) is 7.13. The number of aliphatic carboxylic acids is 1. The third-order valence-electron chi connectivity index (χ3n) is 3.60. The lowest BCUT2D eigenvalue weighted by Gasteiger charge is -2.15. The number of amides is 1. The van der Waals surface area contributed by atoms with Crippen molar-refractivity contribution in [2.75, 3.05) is 0 Å². The maximum absolute atomic E-state index is 13.3. The fraction of sp³-hybridized carbons (Fsp3) is 0.312. The zero-order valence-electron chi connectivity index (χ0n) is 12.9. The molecule has 2 N–H and O–H groups in total. The van der Waals surface area contributed by atoms with Crippen molar-refractivity contribution < 1.29 is 19.1 Å². The molecule has 2 aromatic rings. The number of aryl methyl sites for hydroxylation is 3. The Morgan fingerprint density at radius 2 is 2.13 bits per heavy atom. The normalized spacial score (nSPS) is 12.0. The topological polar surface area (TPSA) is 84.2 Å². The minimum atomic E-state index is -1.20. The number of carboxylic acid groups (broad SMARTS) is 1. The largest absolute Gasteiger partial charge is 0.479 e. The van der Waals surface area contributed by atoms with E-state index in [9.17, 15) is 19.1 Å². The summed E-state index contributed by atoms with van der Waals surface area (Å²) < 4.78 is 15.0. The molecule has 1 heterocycles. The number of aromatic nitrogens is 2. The summed E-state index contributed by atoms with van der Waals surface area (Å²) in [6.45, 7) is 1.54. The van der Waals surface area contributed by atoms with Gasteiger partial charge in [-0.1, -0.05) is 12.1 Å². The quantitative estimate of drug-likeness (QED) is 0.849. The van der Waals surface area contributed by atoms with Gasteiger partial charge in [-0.05, 0) is 36.6 Å². The van der Waals surface area contributed by atoms with Crippen LogP contribution in [0, 0.1) is 12.7 Å². The van der Waals surface area contributed by atoms with Crippen molar-refractivity contribution in [1.82, 2.24) is 15.1 Å². The first-order valence-electron chi connectivity index (χ1n) is 7.13. The number of nitrogens with one attached hydrogen (secondary N) is 1. The molecule has 1 amide bonds. The fourth-order valence-corrected chi connectivity index (χ4v) is 2.26. The van der Waals surface area contributed by atoms with Crippen LogP contribution in [0.5, 0.6) is 0 Å². The predicted molar refractivity (Wildman–Crippen MR) is 81.2 cm³/mol. The van der Waals surface area contributed by atoms with Crippen LogP contribution in [-0.4, -0.2) is 26.8 Å². The van der Waals surface area contributed by atoms with E-state index in [0.29, 0.717) is 17.5 Å². The summed E-state index contributed by atoms with van der Waals surface area (Å²) in [5.41, 5.74) is 1.55. The number of hydrogen-bond donors (Lipinski definition) is 2. The number of rotatable bonds is 6. The molecule has 0 bridgehead atoms. The average Bonchev–Trinajstić information content (AvgIpc) is 2.90. The highest BCUT2D eigenvalue weighted by molar-refractivity contribution is 5.84. The van der Waals surface area contributed by atoms with E-state index in [-0.39, 0.29) is 12.3 Å². The summed E-state index contributed by atoms with van der Waals surface area (Å²) in [7, 11) is 1.77. The minimum Gasteiger partial charge on any atom is -0.479 e. The van der Waals surface area contributed by atoms with Gasteiger partial charge in [0.1, 0.15) is 5.82 Å². The Morgan fingerprint density at radius 1 is 1.39 bits per heavy atom. The Hall–Kier alpha value is -2.70. The summed E-state index contributed by atoms with van der Waals surface area (Å²) in [6.07, 6.45) is 2.23. The van der Waals surface area contributed by atoms with Gasteiger partial charge >= 0.3 is 5.97 Å². The smallest absolute Gasteiger partial charge is 0.330 e. The van der Waals surface area contributed by atoms with E-state index in [4.69, 9.17) is 0 Å². The highest BCUT2D eigenvalue weighted by Gasteiger charge is 2.22. The Bertz CT molecular complexity index is 727. The van der Waals surface area contributed by atoms with Gasteiger partial charge in [-0.3, -0.25) is 9.48 Å². The SMILES string of the molecule is Cc1cc(C(NC(=O)CCc2ccnn2C)C(=O)O)ccc1F. The molecule has 0 aliphatic heterocycles. The molecular formula is C16H18FN3O3. The van der Waals surface area contributed by atoms with Gasteiger partial charge in [0.25, 0.3) is 0 Å². The standard InChI is InChI=1S/C16H18FN3O3/c1-10-9-11(3-5-13(10)17)15(16(22)23)19-14(21)6-4-12-7-8-18-20(12)2/h3,5,7-9,15H,4,6H2,1-2H3,(H,19,21)(H,22,23). The molecule has 6 nitrogen and oxygen atoms in total. The fourth-order valence-electron chi connectivity index (χ4n) is 2.26. The maximum Gasteiger partial charge on any atom is 0.330 e. The van der Waals surface area contributed by atoms with Crippen molar-refractivity contribution in [1.29, 1.82) is 0 Å². The van der Waals surface area contributed by atoms with E-state index >= 15 is 0 Å². The third kappa shape index (κ3) is 4.15. The van der Waals surface area contributed by atoms with E-state index in [2.05, 4.69) is 10.4 Å². The van der Waals surface area contributed by atoms with Gasteiger partial charge in [-0.2, -0.15) is 5.10 Å². The molecule has 1 aromatic heterocycles. The molecule has 0 aliphatic carbocycles. The Labute approximate surface area is 132 Å². The Balaban J connectivity index is 2.04. The molecular weight excluding hydrogens is 301 g/mol. The molecule has 0 spiro atoms. The van der Waals surface area contributed by atoms with Crippen LogP contribution in [0.2, 0.25) is 0 Å². The molecule has 0 saturated heterocycles. The van der Waals surface area contributed by atoms with E-state index in [1.165, 1.54) is 18.2 Å².